The van der Waals surface area contributed by atoms with E-state index in [1.54, 1.807) is 17.0 Å². The van der Waals surface area contributed by atoms with Crippen molar-refractivity contribution in [1.29, 1.82) is 0 Å². The van der Waals surface area contributed by atoms with Crippen LogP contribution in [0, 0.1) is 5.92 Å². The minimum atomic E-state index is -0.731. The molecule has 1 saturated heterocycles. The van der Waals surface area contributed by atoms with Crippen molar-refractivity contribution in [1.82, 2.24) is 15.5 Å². The van der Waals surface area contributed by atoms with Crippen LogP contribution in [-0.4, -0.2) is 47.8 Å². The Labute approximate surface area is 194 Å². The molecule has 4 rings (SSSR count). The van der Waals surface area contributed by atoms with Crippen LogP contribution in [0.4, 0.5) is 0 Å². The van der Waals surface area contributed by atoms with Gasteiger partial charge in [-0.1, -0.05) is 49.6 Å². The zero-order valence-electron chi connectivity index (χ0n) is 19.0. The molecule has 1 aliphatic carbocycles. The quantitative estimate of drug-likeness (QED) is 0.676. The molecule has 0 bridgehead atoms. The van der Waals surface area contributed by atoms with Gasteiger partial charge in [-0.2, -0.15) is 0 Å². The summed E-state index contributed by atoms with van der Waals surface area (Å²) >= 11 is 0. The summed E-state index contributed by atoms with van der Waals surface area (Å²) in [6, 6.07) is 12.4. The van der Waals surface area contributed by atoms with Gasteiger partial charge in [0.25, 0.3) is 5.91 Å². The fourth-order valence-corrected chi connectivity index (χ4v) is 4.86. The summed E-state index contributed by atoms with van der Waals surface area (Å²) in [5.41, 5.74) is 0.958. The van der Waals surface area contributed by atoms with Gasteiger partial charge in [0, 0.05) is 25.6 Å². The molecular weight excluding hydrogens is 418 g/mol. The Morgan fingerprint density at radius 2 is 1.76 bits per heavy atom. The Balaban J connectivity index is 1.42. The molecule has 2 heterocycles. The third kappa shape index (κ3) is 6.24. The summed E-state index contributed by atoms with van der Waals surface area (Å²) in [6.07, 6.45) is 9.02. The van der Waals surface area contributed by atoms with E-state index in [9.17, 15) is 14.4 Å². The lowest BCUT2D eigenvalue weighted by Gasteiger charge is -2.35. The first-order valence-corrected chi connectivity index (χ1v) is 12.1. The van der Waals surface area contributed by atoms with Crippen LogP contribution < -0.4 is 10.6 Å². The molecule has 0 unspecified atom stereocenters. The predicted octanol–water partition coefficient (Wildman–Crippen LogP) is 3.31. The Hall–Kier alpha value is -3.09. The van der Waals surface area contributed by atoms with Crippen LogP contribution in [0.25, 0.3) is 0 Å². The Bertz CT molecular complexity index is 922. The van der Waals surface area contributed by atoms with Crippen LogP contribution in [0.1, 0.15) is 61.1 Å². The summed E-state index contributed by atoms with van der Waals surface area (Å²) in [5.74, 6) is -0.558. The van der Waals surface area contributed by atoms with Crippen molar-refractivity contribution >= 4 is 17.7 Å². The van der Waals surface area contributed by atoms with Gasteiger partial charge in [0.2, 0.25) is 11.8 Å². The molecule has 7 heteroatoms. The number of hydrogen-bond acceptors (Lipinski definition) is 4. The molecule has 2 aromatic rings. The Morgan fingerprint density at radius 1 is 0.970 bits per heavy atom. The number of amides is 3. The van der Waals surface area contributed by atoms with Crippen molar-refractivity contribution in [3.63, 3.8) is 0 Å². The zero-order valence-corrected chi connectivity index (χ0v) is 19.0. The third-order valence-corrected chi connectivity index (χ3v) is 6.69. The van der Waals surface area contributed by atoms with E-state index in [1.807, 2.05) is 30.3 Å². The highest BCUT2D eigenvalue weighted by Crippen LogP contribution is 2.22. The minimum Gasteiger partial charge on any atom is -0.459 e. The van der Waals surface area contributed by atoms with Crippen molar-refractivity contribution < 1.29 is 18.8 Å². The van der Waals surface area contributed by atoms with E-state index in [-0.39, 0.29) is 29.5 Å². The largest absolute Gasteiger partial charge is 0.459 e. The number of carbonyl (C=O) groups is 3. The van der Waals surface area contributed by atoms with E-state index < -0.39 is 11.9 Å². The molecular formula is C26H33N3O4. The number of nitrogens with one attached hydrogen (secondary N) is 2. The smallest absolute Gasteiger partial charge is 0.287 e. The van der Waals surface area contributed by atoms with E-state index in [0.717, 1.165) is 44.1 Å². The van der Waals surface area contributed by atoms with Crippen LogP contribution in [-0.2, 0) is 16.0 Å². The van der Waals surface area contributed by atoms with Crippen LogP contribution in [0.15, 0.2) is 53.1 Å². The van der Waals surface area contributed by atoms with Gasteiger partial charge >= 0.3 is 0 Å². The first-order chi connectivity index (χ1) is 16.1. The maximum atomic E-state index is 13.5. The second-order valence-electron chi connectivity index (χ2n) is 9.16. The summed E-state index contributed by atoms with van der Waals surface area (Å²) in [4.78, 5) is 40.8. The van der Waals surface area contributed by atoms with Gasteiger partial charge in [0.05, 0.1) is 12.2 Å². The van der Waals surface area contributed by atoms with Crippen molar-refractivity contribution in [2.75, 3.05) is 13.1 Å². The number of carbonyl (C=O) groups excluding carboxylic acids is 3. The fraction of sp³-hybridized carbons (Fsp3) is 0.500. The maximum absolute atomic E-state index is 13.5. The lowest BCUT2D eigenvalue weighted by molar-refractivity contribution is -0.137. The minimum absolute atomic E-state index is 0.0543. The number of likely N-dealkylation sites (tertiary alicyclic amines) is 1. The normalized spacial score (nSPS) is 20.1. The van der Waals surface area contributed by atoms with Gasteiger partial charge in [0.15, 0.2) is 5.76 Å². The number of hydrogen-bond donors (Lipinski definition) is 2. The highest BCUT2D eigenvalue weighted by Gasteiger charge is 2.33. The molecule has 1 aliphatic heterocycles. The van der Waals surface area contributed by atoms with Crippen molar-refractivity contribution in [3.8, 4) is 0 Å². The lowest BCUT2D eigenvalue weighted by atomic mass is 9.92. The zero-order chi connectivity index (χ0) is 23.0. The SMILES string of the molecule is O=C(N[C@@H](Cc1ccccc1)C(=O)N1CCC[C@@H](C(=O)NC2CCCCC2)C1)c1ccco1. The van der Waals surface area contributed by atoms with Gasteiger partial charge < -0.3 is 20.0 Å². The molecule has 2 N–H and O–H groups in total. The summed E-state index contributed by atoms with van der Waals surface area (Å²) in [6.45, 7) is 0.979. The Morgan fingerprint density at radius 3 is 2.48 bits per heavy atom. The van der Waals surface area contributed by atoms with E-state index in [0.29, 0.717) is 19.5 Å². The Kier molecular flexibility index (Phi) is 7.81. The fourth-order valence-electron chi connectivity index (χ4n) is 4.86. The van der Waals surface area contributed by atoms with Crippen LogP contribution in [0.5, 0.6) is 0 Å². The van der Waals surface area contributed by atoms with E-state index in [4.69, 9.17) is 4.42 Å². The monoisotopic (exact) mass is 451 g/mol. The highest BCUT2D eigenvalue weighted by atomic mass is 16.3. The number of furan rings is 1. The first-order valence-electron chi connectivity index (χ1n) is 12.1. The molecule has 2 fully saturated rings. The molecule has 1 aromatic heterocycles. The number of rotatable bonds is 7. The van der Waals surface area contributed by atoms with E-state index in [1.165, 1.54) is 12.7 Å². The highest BCUT2D eigenvalue weighted by molar-refractivity contribution is 5.95. The van der Waals surface area contributed by atoms with Gasteiger partial charge in [-0.25, -0.2) is 0 Å². The summed E-state index contributed by atoms with van der Waals surface area (Å²) in [5, 5.41) is 6.06. The molecule has 1 saturated carbocycles. The van der Waals surface area contributed by atoms with Gasteiger partial charge in [0.1, 0.15) is 6.04 Å². The average Bonchev–Trinajstić information content (AvgIpc) is 3.40. The second kappa shape index (κ2) is 11.2. The topological polar surface area (TPSA) is 91.7 Å². The average molecular weight is 452 g/mol. The summed E-state index contributed by atoms with van der Waals surface area (Å²) in [7, 11) is 0. The molecule has 2 aliphatic rings. The van der Waals surface area contributed by atoms with Gasteiger partial charge in [-0.05, 0) is 43.4 Å². The van der Waals surface area contributed by atoms with Crippen molar-refractivity contribution in [2.45, 2.75) is 63.5 Å². The number of benzene rings is 1. The first kappa shape index (κ1) is 23.1. The number of piperidine rings is 1. The van der Waals surface area contributed by atoms with Gasteiger partial charge in [-0.15, -0.1) is 0 Å². The van der Waals surface area contributed by atoms with Crippen molar-refractivity contribution in [3.05, 3.63) is 60.1 Å². The summed E-state index contributed by atoms with van der Waals surface area (Å²) < 4.78 is 5.20. The van der Waals surface area contributed by atoms with Crippen LogP contribution >= 0.6 is 0 Å². The van der Waals surface area contributed by atoms with E-state index in [2.05, 4.69) is 10.6 Å². The van der Waals surface area contributed by atoms with Crippen LogP contribution in [0.2, 0.25) is 0 Å². The second-order valence-corrected chi connectivity index (χ2v) is 9.16. The predicted molar refractivity (Wildman–Crippen MR) is 124 cm³/mol. The molecule has 7 nitrogen and oxygen atoms in total. The van der Waals surface area contributed by atoms with Crippen molar-refractivity contribution in [2.24, 2.45) is 5.92 Å². The third-order valence-electron chi connectivity index (χ3n) is 6.69. The van der Waals surface area contributed by atoms with Crippen LogP contribution in [0.3, 0.4) is 0 Å². The number of nitrogens with zero attached hydrogens (tertiary/aromatic N) is 1. The molecule has 176 valence electrons. The lowest BCUT2D eigenvalue weighted by Crippen LogP contribution is -2.54. The maximum Gasteiger partial charge on any atom is 0.287 e. The molecule has 0 radical (unpaired) electrons. The molecule has 1 aromatic carbocycles. The standard InChI is InChI=1S/C26H33N3O4/c30-24(27-21-12-5-2-6-13-21)20-11-7-15-29(18-20)26(32)22(17-19-9-3-1-4-10-19)28-25(31)23-14-8-16-33-23/h1,3-4,8-10,14,16,20-22H,2,5-7,11-13,15,17-18H2,(H,27,30)(H,28,31)/t20-,22+/m1/s1. The van der Waals surface area contributed by atoms with Gasteiger partial charge in [-0.3, -0.25) is 14.4 Å². The van der Waals surface area contributed by atoms with E-state index >= 15 is 0 Å². The molecule has 2 atom stereocenters. The molecule has 3 amide bonds. The molecule has 0 spiro atoms. The molecule has 33 heavy (non-hydrogen) atoms.